The predicted molar refractivity (Wildman–Crippen MR) is 167 cm³/mol. The molecule has 5 rings (SSSR count). The normalized spacial score (nSPS) is 11.8. The Bertz CT molecular complexity index is 1520. The van der Waals surface area contributed by atoms with Crippen molar-refractivity contribution in [1.82, 2.24) is 9.55 Å². The third kappa shape index (κ3) is 7.68. The first-order chi connectivity index (χ1) is 19.1. The number of aldehydes is 1. The number of imidazole rings is 1. The SMILES string of the molecule is CC.COC.COc1ccc(Nc2nc3c(n2Cc2csc4ccc(C)cc24)=CC=C(CCC=O)CC=3)cc1.[HH]. The van der Waals surface area contributed by atoms with Gasteiger partial charge >= 0.3 is 0 Å². The Balaban J connectivity index is 0.000000877. The van der Waals surface area contributed by atoms with Crippen LogP contribution in [-0.2, 0) is 16.1 Å². The summed E-state index contributed by atoms with van der Waals surface area (Å²) in [4.78, 5) is 15.8. The monoisotopic (exact) mass is 547 g/mol. The Morgan fingerprint density at radius 2 is 1.85 bits per heavy atom. The minimum absolute atomic E-state index is 0. The quantitative estimate of drug-likeness (QED) is 0.252. The molecule has 1 N–H and O–H groups in total. The van der Waals surface area contributed by atoms with Gasteiger partial charge in [0.15, 0.2) is 0 Å². The number of carbonyl (C=O) groups is 1. The zero-order valence-corrected chi connectivity index (χ0v) is 24.6. The molecule has 0 spiro atoms. The molecule has 2 heterocycles. The van der Waals surface area contributed by atoms with E-state index < -0.39 is 0 Å². The number of fused-ring (bicyclic) bond motifs is 2. The second kappa shape index (κ2) is 15.0. The summed E-state index contributed by atoms with van der Waals surface area (Å²) in [7, 11) is 4.92. The molecule has 4 aromatic rings. The van der Waals surface area contributed by atoms with E-state index in [4.69, 9.17) is 9.72 Å². The Hall–Kier alpha value is -3.68. The van der Waals surface area contributed by atoms with Crippen LogP contribution in [0.3, 0.4) is 0 Å². The fraction of sp³-hybridized carbons (Fsp3) is 0.312. The molecule has 0 atom stereocenters. The summed E-state index contributed by atoms with van der Waals surface area (Å²) in [6, 6.07) is 14.5. The molecule has 39 heavy (non-hydrogen) atoms. The number of aromatic nitrogens is 2. The van der Waals surface area contributed by atoms with Gasteiger partial charge in [-0.25, -0.2) is 4.98 Å². The number of aryl methyl sites for hydroxylation is 1. The summed E-state index contributed by atoms with van der Waals surface area (Å²) in [5.41, 5.74) is 4.74. The van der Waals surface area contributed by atoms with E-state index in [1.54, 1.807) is 32.7 Å². The molecule has 208 valence electrons. The minimum atomic E-state index is 0. The third-order valence-corrected chi connectivity index (χ3v) is 7.15. The van der Waals surface area contributed by atoms with Gasteiger partial charge in [0.25, 0.3) is 0 Å². The van der Waals surface area contributed by atoms with E-state index in [-0.39, 0.29) is 1.43 Å². The van der Waals surface area contributed by atoms with Crippen molar-refractivity contribution in [2.24, 2.45) is 0 Å². The average molecular weight is 548 g/mol. The zero-order valence-electron chi connectivity index (χ0n) is 23.8. The fourth-order valence-corrected chi connectivity index (χ4v) is 5.21. The maximum atomic E-state index is 10.8. The van der Waals surface area contributed by atoms with E-state index in [1.165, 1.54) is 26.8 Å². The van der Waals surface area contributed by atoms with E-state index in [2.05, 4.69) is 63.4 Å². The number of anilines is 2. The lowest BCUT2D eigenvalue weighted by atomic mass is 10.1. The lowest BCUT2D eigenvalue weighted by Gasteiger charge is -2.11. The minimum Gasteiger partial charge on any atom is -0.497 e. The highest BCUT2D eigenvalue weighted by Crippen LogP contribution is 2.28. The largest absolute Gasteiger partial charge is 0.497 e. The maximum Gasteiger partial charge on any atom is 0.208 e. The summed E-state index contributed by atoms with van der Waals surface area (Å²) >= 11 is 1.78. The van der Waals surface area contributed by atoms with Crippen LogP contribution < -0.4 is 20.8 Å². The highest BCUT2D eigenvalue weighted by Gasteiger charge is 2.13. The molecule has 1 aliphatic carbocycles. The highest BCUT2D eigenvalue weighted by molar-refractivity contribution is 7.17. The number of allylic oxidation sites excluding steroid dienone is 2. The first kappa shape index (κ1) is 29.9. The van der Waals surface area contributed by atoms with Gasteiger partial charge in [-0.05, 0) is 72.5 Å². The number of thiophene rings is 1. The standard InChI is InChI=1S/C28H27N3O2S.C2H6O.C2H6.H2/c1-19-5-14-27-24(16-19)21(18-34-27)17-31-26-13-7-20(4-3-15-32)6-12-25(26)30-28(31)29-22-8-10-23(33-2)11-9-22;1-3-2;1-2;/h5,7-16,18H,3-4,6,17H2,1-2H3,(H,29,30);1-2H3;1-2H3;1H. The molecule has 0 unspecified atom stereocenters. The topological polar surface area (TPSA) is 65.4 Å². The van der Waals surface area contributed by atoms with Crippen LogP contribution in [0.2, 0.25) is 0 Å². The smallest absolute Gasteiger partial charge is 0.208 e. The Morgan fingerprint density at radius 1 is 1.10 bits per heavy atom. The second-order valence-electron chi connectivity index (χ2n) is 8.92. The average Bonchev–Trinajstić information content (AvgIpc) is 3.43. The number of hydrogen-bond acceptors (Lipinski definition) is 6. The number of carbonyl (C=O) groups excluding carboxylic acids is 1. The summed E-state index contributed by atoms with van der Waals surface area (Å²) < 4.78 is 13.1. The number of nitrogens with zero attached hydrogens (tertiary/aromatic N) is 2. The molecule has 0 saturated carbocycles. The van der Waals surface area contributed by atoms with E-state index in [0.29, 0.717) is 13.0 Å². The molecule has 2 aromatic heterocycles. The van der Waals surface area contributed by atoms with Crippen molar-refractivity contribution in [2.75, 3.05) is 26.6 Å². The molecule has 1 aliphatic rings. The molecule has 0 saturated heterocycles. The van der Waals surface area contributed by atoms with Crippen LogP contribution in [0.15, 0.2) is 59.5 Å². The Kier molecular flexibility index (Phi) is 11.5. The van der Waals surface area contributed by atoms with E-state index in [9.17, 15) is 4.79 Å². The van der Waals surface area contributed by atoms with Crippen LogP contribution in [0, 0.1) is 6.92 Å². The van der Waals surface area contributed by atoms with E-state index >= 15 is 0 Å². The van der Waals surface area contributed by atoms with Crippen molar-refractivity contribution in [1.29, 1.82) is 0 Å². The molecule has 2 aromatic carbocycles. The van der Waals surface area contributed by atoms with Crippen molar-refractivity contribution in [3.05, 3.63) is 81.3 Å². The van der Waals surface area contributed by atoms with Crippen molar-refractivity contribution in [3.8, 4) is 5.75 Å². The first-order valence-electron chi connectivity index (χ1n) is 13.2. The highest BCUT2D eigenvalue weighted by atomic mass is 32.1. The lowest BCUT2D eigenvalue weighted by molar-refractivity contribution is -0.107. The summed E-state index contributed by atoms with van der Waals surface area (Å²) in [6.45, 7) is 6.85. The van der Waals surface area contributed by atoms with Gasteiger partial charge in [-0.3, -0.25) is 0 Å². The van der Waals surface area contributed by atoms with Gasteiger partial charge in [0, 0.05) is 32.5 Å². The molecular weight excluding hydrogens is 506 g/mol. The summed E-state index contributed by atoms with van der Waals surface area (Å²) in [5, 5.41) is 9.09. The van der Waals surface area contributed by atoms with Gasteiger partial charge in [-0.1, -0.05) is 49.3 Å². The first-order valence-corrected chi connectivity index (χ1v) is 14.1. The van der Waals surface area contributed by atoms with Gasteiger partial charge in [0.2, 0.25) is 5.95 Å². The molecule has 0 fully saturated rings. The maximum absolute atomic E-state index is 10.8. The van der Waals surface area contributed by atoms with Crippen molar-refractivity contribution in [2.45, 2.75) is 46.6 Å². The number of nitrogens with one attached hydrogen (secondary N) is 1. The molecule has 0 bridgehead atoms. The van der Waals surface area contributed by atoms with Crippen LogP contribution in [0.5, 0.6) is 5.75 Å². The van der Waals surface area contributed by atoms with E-state index in [0.717, 1.165) is 47.2 Å². The molecule has 7 heteroatoms. The van der Waals surface area contributed by atoms with Crippen LogP contribution in [-0.4, -0.2) is 37.2 Å². The number of hydrogen-bond donors (Lipinski definition) is 1. The van der Waals surface area contributed by atoms with Gasteiger partial charge in [0.05, 0.1) is 24.4 Å². The predicted octanol–water partition coefficient (Wildman–Crippen LogP) is 6.61. The van der Waals surface area contributed by atoms with Crippen LogP contribution in [0.1, 0.15) is 45.7 Å². The van der Waals surface area contributed by atoms with Crippen LogP contribution >= 0.6 is 11.3 Å². The van der Waals surface area contributed by atoms with Crippen molar-refractivity contribution in [3.63, 3.8) is 0 Å². The number of ether oxygens (including phenoxy) is 2. The number of benzene rings is 2. The summed E-state index contributed by atoms with van der Waals surface area (Å²) in [5.74, 6) is 1.62. The summed E-state index contributed by atoms with van der Waals surface area (Å²) in [6.07, 6.45) is 9.58. The van der Waals surface area contributed by atoms with E-state index in [1.807, 2.05) is 38.1 Å². The molecule has 0 radical (unpaired) electrons. The molecule has 0 aliphatic heterocycles. The number of methoxy groups -OCH3 is 2. The molecular formula is C32H41N3O3S. The van der Waals surface area contributed by atoms with Crippen LogP contribution in [0.25, 0.3) is 22.2 Å². The third-order valence-electron chi connectivity index (χ3n) is 6.14. The molecule has 0 amide bonds. The van der Waals surface area contributed by atoms with Crippen molar-refractivity contribution >= 4 is 51.5 Å². The zero-order chi connectivity index (χ0) is 28.2. The fourth-order valence-electron chi connectivity index (χ4n) is 4.28. The number of rotatable bonds is 8. The Morgan fingerprint density at radius 3 is 2.54 bits per heavy atom. The Labute approximate surface area is 236 Å². The van der Waals surface area contributed by atoms with Gasteiger partial charge in [0.1, 0.15) is 12.0 Å². The van der Waals surface area contributed by atoms with Crippen LogP contribution in [0.4, 0.5) is 11.6 Å². The van der Waals surface area contributed by atoms with Crippen molar-refractivity contribution < 1.29 is 15.7 Å². The van der Waals surface area contributed by atoms with Gasteiger partial charge in [-0.2, -0.15) is 0 Å². The van der Waals surface area contributed by atoms with Gasteiger partial charge < -0.3 is 24.2 Å². The lowest BCUT2D eigenvalue weighted by Crippen LogP contribution is -2.30. The second-order valence-corrected chi connectivity index (χ2v) is 9.83. The van der Waals surface area contributed by atoms with Gasteiger partial charge in [-0.15, -0.1) is 11.3 Å². The molecule has 6 nitrogen and oxygen atoms in total.